The first-order valence-electron chi connectivity index (χ1n) is 15.9. The zero-order valence-corrected chi connectivity index (χ0v) is 22.7. The number of hydrogen-bond acceptors (Lipinski definition) is 0. The molecule has 192 valence electrons. The van der Waals surface area contributed by atoms with Gasteiger partial charge in [-0.1, -0.05) is 129 Å². The Kier molecular flexibility index (Phi) is 13.6. The van der Waals surface area contributed by atoms with Crippen molar-refractivity contribution in [1.29, 1.82) is 0 Å². The summed E-state index contributed by atoms with van der Waals surface area (Å²) in [6, 6.07) is 0. The highest BCUT2D eigenvalue weighted by Crippen LogP contribution is 2.43. The minimum Gasteiger partial charge on any atom is -0.103 e. The Morgan fingerprint density at radius 2 is 0.848 bits per heavy atom. The van der Waals surface area contributed by atoms with Crippen molar-refractivity contribution in [2.45, 2.75) is 161 Å². The molecule has 0 radical (unpaired) electrons. The second-order valence-corrected chi connectivity index (χ2v) is 12.8. The molecule has 3 aliphatic rings. The molecule has 0 atom stereocenters. The van der Waals surface area contributed by atoms with Gasteiger partial charge >= 0.3 is 0 Å². The smallest absolute Gasteiger partial charge is 0.0351 e. The lowest BCUT2D eigenvalue weighted by Crippen LogP contribution is -2.26. The van der Waals surface area contributed by atoms with Crippen LogP contribution in [0.5, 0.6) is 0 Å². The van der Waals surface area contributed by atoms with Gasteiger partial charge in [0.05, 0.1) is 0 Å². The van der Waals surface area contributed by atoms with Crippen LogP contribution < -0.4 is 0 Å². The normalized spacial score (nSPS) is 33.1. The van der Waals surface area contributed by atoms with Crippen LogP contribution in [-0.2, 0) is 0 Å². The lowest BCUT2D eigenvalue weighted by molar-refractivity contribution is 0.139. The van der Waals surface area contributed by atoms with Gasteiger partial charge in [-0.25, -0.2) is 0 Å². The van der Waals surface area contributed by atoms with Crippen molar-refractivity contribution in [1.82, 2.24) is 0 Å². The van der Waals surface area contributed by atoms with Crippen molar-refractivity contribution in [3.63, 3.8) is 0 Å². The molecule has 0 aromatic rings. The standard InChI is InChI=1S/C33H60/c1-3-5-7-8-9-13-30-20-24-32(25-21-30)33-26-22-31(23-27-33)15-11-10-14-29-18-16-28(17-19-29)12-6-4-2/h4,28-33H,2-3,5-27H2,1H3/t28-,29-,30-,31?,32-,33?. The molecule has 0 heterocycles. The summed E-state index contributed by atoms with van der Waals surface area (Å²) in [5.41, 5.74) is 0. The highest BCUT2D eigenvalue weighted by molar-refractivity contribution is 4.82. The van der Waals surface area contributed by atoms with Crippen molar-refractivity contribution in [2.75, 3.05) is 0 Å². The zero-order valence-electron chi connectivity index (χ0n) is 22.7. The SMILES string of the molecule is C=CCC[C@H]1CC[C@H](CCCCC2CCC([C@H]3CC[C@H](CCCCCCC)CC3)CC2)CC1. The van der Waals surface area contributed by atoms with Crippen LogP contribution in [0.3, 0.4) is 0 Å². The first kappa shape index (κ1) is 27.3. The van der Waals surface area contributed by atoms with Crippen LogP contribution in [0.4, 0.5) is 0 Å². The van der Waals surface area contributed by atoms with E-state index in [1.165, 1.54) is 89.9 Å². The van der Waals surface area contributed by atoms with E-state index in [9.17, 15) is 0 Å². The predicted molar refractivity (Wildman–Crippen MR) is 148 cm³/mol. The van der Waals surface area contributed by atoms with E-state index in [-0.39, 0.29) is 0 Å². The summed E-state index contributed by atoms with van der Waals surface area (Å²) in [6.07, 6.45) is 38.3. The van der Waals surface area contributed by atoms with Gasteiger partial charge in [-0.2, -0.15) is 0 Å². The van der Waals surface area contributed by atoms with Gasteiger partial charge in [0.15, 0.2) is 0 Å². The first-order chi connectivity index (χ1) is 16.3. The van der Waals surface area contributed by atoms with E-state index < -0.39 is 0 Å². The average molecular weight is 457 g/mol. The van der Waals surface area contributed by atoms with Gasteiger partial charge in [-0.05, 0) is 74.0 Å². The molecule has 0 amide bonds. The van der Waals surface area contributed by atoms with Gasteiger partial charge in [0.25, 0.3) is 0 Å². The molecule has 0 nitrogen and oxygen atoms in total. The van der Waals surface area contributed by atoms with E-state index in [0.29, 0.717) is 0 Å². The second kappa shape index (κ2) is 16.4. The van der Waals surface area contributed by atoms with Crippen molar-refractivity contribution in [3.8, 4) is 0 Å². The molecule has 0 bridgehead atoms. The third-order valence-corrected chi connectivity index (χ3v) is 10.4. The predicted octanol–water partition coefficient (Wildman–Crippen LogP) is 11.3. The Bertz CT molecular complexity index is 468. The molecular formula is C33H60. The molecule has 3 rings (SSSR count). The van der Waals surface area contributed by atoms with E-state index >= 15 is 0 Å². The maximum atomic E-state index is 3.89. The Morgan fingerprint density at radius 1 is 0.485 bits per heavy atom. The number of rotatable bonds is 15. The van der Waals surface area contributed by atoms with E-state index in [4.69, 9.17) is 0 Å². The van der Waals surface area contributed by atoms with Crippen LogP contribution in [0.2, 0.25) is 0 Å². The quantitative estimate of drug-likeness (QED) is 0.170. The molecule has 0 aromatic heterocycles. The Hall–Kier alpha value is -0.260. The monoisotopic (exact) mass is 456 g/mol. The molecule has 3 fully saturated rings. The summed E-state index contributed by atoms with van der Waals surface area (Å²) in [6.45, 7) is 6.22. The highest BCUT2D eigenvalue weighted by Gasteiger charge is 2.30. The Balaban J connectivity index is 1.17. The van der Waals surface area contributed by atoms with Crippen molar-refractivity contribution in [3.05, 3.63) is 12.7 Å². The molecule has 0 aliphatic heterocycles. The molecule has 3 saturated carbocycles. The van der Waals surface area contributed by atoms with Gasteiger partial charge in [0, 0.05) is 0 Å². The van der Waals surface area contributed by atoms with Gasteiger partial charge in [-0.15, -0.1) is 6.58 Å². The van der Waals surface area contributed by atoms with Gasteiger partial charge in [-0.3, -0.25) is 0 Å². The molecule has 33 heavy (non-hydrogen) atoms. The second-order valence-electron chi connectivity index (χ2n) is 12.8. The number of unbranched alkanes of at least 4 members (excludes halogenated alkanes) is 5. The summed E-state index contributed by atoms with van der Waals surface area (Å²) in [5.74, 6) is 6.44. The van der Waals surface area contributed by atoms with Crippen LogP contribution in [0.25, 0.3) is 0 Å². The van der Waals surface area contributed by atoms with Crippen LogP contribution in [-0.4, -0.2) is 0 Å². The summed E-state index contributed by atoms with van der Waals surface area (Å²) >= 11 is 0. The van der Waals surface area contributed by atoms with Crippen LogP contribution in [0.15, 0.2) is 12.7 Å². The summed E-state index contributed by atoms with van der Waals surface area (Å²) in [5, 5.41) is 0. The minimum absolute atomic E-state index is 1.01. The largest absolute Gasteiger partial charge is 0.103 e. The summed E-state index contributed by atoms with van der Waals surface area (Å²) < 4.78 is 0. The Morgan fingerprint density at radius 3 is 1.27 bits per heavy atom. The fraction of sp³-hybridized carbons (Fsp3) is 0.939. The van der Waals surface area contributed by atoms with Gasteiger partial charge in [0.1, 0.15) is 0 Å². The maximum Gasteiger partial charge on any atom is -0.0351 e. The van der Waals surface area contributed by atoms with Crippen LogP contribution >= 0.6 is 0 Å². The average Bonchev–Trinajstić information content (AvgIpc) is 2.87. The third-order valence-electron chi connectivity index (χ3n) is 10.4. The molecule has 0 saturated heterocycles. The van der Waals surface area contributed by atoms with Crippen LogP contribution in [0.1, 0.15) is 161 Å². The first-order valence-corrected chi connectivity index (χ1v) is 15.9. The van der Waals surface area contributed by atoms with E-state index in [2.05, 4.69) is 19.6 Å². The molecule has 0 unspecified atom stereocenters. The zero-order chi connectivity index (χ0) is 23.1. The number of allylic oxidation sites excluding steroid dienone is 1. The molecule has 0 aromatic carbocycles. The summed E-state index contributed by atoms with van der Waals surface area (Å²) in [7, 11) is 0. The van der Waals surface area contributed by atoms with Crippen molar-refractivity contribution >= 4 is 0 Å². The Labute approximate surface area is 209 Å². The third kappa shape index (κ3) is 10.5. The van der Waals surface area contributed by atoms with E-state index in [1.54, 1.807) is 64.2 Å². The molecule has 0 spiro atoms. The fourth-order valence-electron chi connectivity index (χ4n) is 7.96. The topological polar surface area (TPSA) is 0 Å². The van der Waals surface area contributed by atoms with Gasteiger partial charge < -0.3 is 0 Å². The van der Waals surface area contributed by atoms with Gasteiger partial charge in [0.2, 0.25) is 0 Å². The lowest BCUT2D eigenvalue weighted by Gasteiger charge is -2.38. The van der Waals surface area contributed by atoms with Crippen LogP contribution in [0, 0.1) is 35.5 Å². The highest BCUT2D eigenvalue weighted by atomic mass is 14.4. The molecule has 0 N–H and O–H groups in total. The maximum absolute atomic E-state index is 3.89. The molecular weight excluding hydrogens is 396 g/mol. The molecule has 3 aliphatic carbocycles. The number of hydrogen-bond donors (Lipinski definition) is 0. The van der Waals surface area contributed by atoms with Crippen molar-refractivity contribution < 1.29 is 0 Å². The van der Waals surface area contributed by atoms with Crippen molar-refractivity contribution in [2.24, 2.45) is 35.5 Å². The van der Waals surface area contributed by atoms with E-state index in [0.717, 1.165) is 35.5 Å². The lowest BCUT2D eigenvalue weighted by atomic mass is 9.68. The van der Waals surface area contributed by atoms with E-state index in [1.807, 2.05) is 0 Å². The minimum atomic E-state index is 1.01. The fourth-order valence-corrected chi connectivity index (χ4v) is 7.96. The molecule has 0 heteroatoms. The summed E-state index contributed by atoms with van der Waals surface area (Å²) in [4.78, 5) is 0.